The van der Waals surface area contributed by atoms with Crippen LogP contribution in [-0.4, -0.2) is 26.3 Å². The van der Waals surface area contributed by atoms with Crippen molar-refractivity contribution in [2.24, 2.45) is 0 Å². The van der Waals surface area contributed by atoms with Crippen molar-refractivity contribution in [1.29, 1.82) is 0 Å². The van der Waals surface area contributed by atoms with Crippen molar-refractivity contribution in [2.75, 3.05) is 7.05 Å². The van der Waals surface area contributed by atoms with E-state index in [0.29, 0.717) is 11.1 Å². The highest BCUT2D eigenvalue weighted by molar-refractivity contribution is 7.89. The van der Waals surface area contributed by atoms with Gasteiger partial charge >= 0.3 is 6.18 Å². The third-order valence-electron chi connectivity index (χ3n) is 5.11. The Bertz CT molecular complexity index is 1230. The Balaban J connectivity index is 1.75. The van der Waals surface area contributed by atoms with Crippen LogP contribution in [0.25, 0.3) is 0 Å². The van der Waals surface area contributed by atoms with Crippen LogP contribution in [0.2, 0.25) is 0 Å². The summed E-state index contributed by atoms with van der Waals surface area (Å²) >= 11 is 0. The predicted octanol–water partition coefficient (Wildman–Crippen LogP) is 4.76. The smallest absolute Gasteiger partial charge is 0.337 e. The van der Waals surface area contributed by atoms with E-state index in [-0.39, 0.29) is 23.5 Å². The first-order valence-corrected chi connectivity index (χ1v) is 11.5. The van der Waals surface area contributed by atoms with E-state index in [1.807, 2.05) is 6.07 Å². The Morgan fingerprint density at radius 1 is 0.939 bits per heavy atom. The van der Waals surface area contributed by atoms with Gasteiger partial charge in [-0.2, -0.15) is 13.2 Å². The number of rotatable bonds is 7. The zero-order chi connectivity index (χ0) is 24.2. The Labute approximate surface area is 190 Å². The third kappa shape index (κ3) is 6.21. The molecule has 0 fully saturated rings. The van der Waals surface area contributed by atoms with Gasteiger partial charge in [-0.25, -0.2) is 13.1 Å². The summed E-state index contributed by atoms with van der Waals surface area (Å²) in [6.07, 6.45) is -4.43. The molecule has 0 heterocycles. The number of amides is 1. The van der Waals surface area contributed by atoms with Crippen molar-refractivity contribution >= 4 is 15.9 Å². The van der Waals surface area contributed by atoms with Gasteiger partial charge in [0.15, 0.2) is 0 Å². The number of carbonyl (C=O) groups excluding carboxylic acids is 1. The van der Waals surface area contributed by atoms with E-state index in [1.165, 1.54) is 36.2 Å². The van der Waals surface area contributed by atoms with Crippen LogP contribution < -0.4 is 4.72 Å². The highest BCUT2D eigenvalue weighted by Gasteiger charge is 2.30. The van der Waals surface area contributed by atoms with Crippen molar-refractivity contribution in [3.63, 3.8) is 0 Å². The number of nitrogens with zero attached hydrogens (tertiary/aromatic N) is 1. The highest BCUT2D eigenvalue weighted by Crippen LogP contribution is 2.29. The highest BCUT2D eigenvalue weighted by atomic mass is 32.2. The molecular formula is C24H23F3N2O3S. The molecular weight excluding hydrogens is 453 g/mol. The largest absolute Gasteiger partial charge is 0.416 e. The summed E-state index contributed by atoms with van der Waals surface area (Å²) in [7, 11) is -2.35. The van der Waals surface area contributed by atoms with Crippen molar-refractivity contribution < 1.29 is 26.4 Å². The van der Waals surface area contributed by atoms with Crippen LogP contribution in [0.3, 0.4) is 0 Å². The molecule has 0 aliphatic rings. The van der Waals surface area contributed by atoms with Gasteiger partial charge in [0.05, 0.1) is 10.5 Å². The maximum Gasteiger partial charge on any atom is 0.416 e. The number of sulfonamides is 1. The van der Waals surface area contributed by atoms with Crippen LogP contribution in [0.5, 0.6) is 0 Å². The lowest BCUT2D eigenvalue weighted by atomic mass is 10.1. The number of hydrogen-bond acceptors (Lipinski definition) is 3. The molecule has 9 heteroatoms. The monoisotopic (exact) mass is 476 g/mol. The van der Waals surface area contributed by atoms with Gasteiger partial charge in [-0.15, -0.1) is 0 Å². The van der Waals surface area contributed by atoms with E-state index in [0.717, 1.165) is 17.7 Å². The molecule has 0 aliphatic heterocycles. The first-order chi connectivity index (χ1) is 15.5. The number of halogens is 3. The molecule has 0 saturated heterocycles. The minimum absolute atomic E-state index is 0.0460. The molecule has 3 rings (SSSR count). The molecule has 0 atom stereocenters. The zero-order valence-electron chi connectivity index (χ0n) is 18.1. The van der Waals surface area contributed by atoms with Crippen molar-refractivity contribution in [1.82, 2.24) is 9.62 Å². The minimum atomic E-state index is -4.43. The second-order valence-corrected chi connectivity index (χ2v) is 9.41. The lowest BCUT2D eigenvalue weighted by Crippen LogP contribution is -2.28. The van der Waals surface area contributed by atoms with Gasteiger partial charge in [-0.3, -0.25) is 4.79 Å². The summed E-state index contributed by atoms with van der Waals surface area (Å²) in [6.45, 7) is 1.86. The molecule has 3 aromatic carbocycles. The van der Waals surface area contributed by atoms with Crippen molar-refractivity contribution in [3.05, 3.63) is 101 Å². The predicted molar refractivity (Wildman–Crippen MR) is 119 cm³/mol. The van der Waals surface area contributed by atoms with Crippen LogP contribution in [0.15, 0.2) is 77.7 Å². The first-order valence-electron chi connectivity index (χ1n) is 10.0. The number of nitrogens with one attached hydrogen (secondary N) is 1. The first kappa shape index (κ1) is 24.5. The molecule has 33 heavy (non-hydrogen) atoms. The van der Waals surface area contributed by atoms with Gasteiger partial charge in [0, 0.05) is 25.7 Å². The fraction of sp³-hybridized carbons (Fsp3) is 0.208. The third-order valence-corrected chi connectivity index (χ3v) is 6.51. The van der Waals surface area contributed by atoms with E-state index < -0.39 is 27.7 Å². The quantitative estimate of drug-likeness (QED) is 0.535. The van der Waals surface area contributed by atoms with Crippen LogP contribution in [0.4, 0.5) is 13.2 Å². The lowest BCUT2D eigenvalue weighted by molar-refractivity contribution is -0.137. The number of carbonyl (C=O) groups is 1. The molecule has 0 aromatic heterocycles. The summed E-state index contributed by atoms with van der Waals surface area (Å²) in [5.74, 6) is -0.437. The molecule has 1 amide bonds. The molecule has 1 N–H and O–H groups in total. The topological polar surface area (TPSA) is 66.5 Å². The SMILES string of the molecule is Cc1ccc(S(=O)(=O)NCc2ccccc2)cc1C(=O)N(C)Cc1ccc(C(F)(F)F)cc1. The molecule has 5 nitrogen and oxygen atoms in total. The Morgan fingerprint density at radius 2 is 1.58 bits per heavy atom. The van der Waals surface area contributed by atoms with Crippen LogP contribution in [0, 0.1) is 6.92 Å². The Hall–Kier alpha value is -3.17. The average molecular weight is 477 g/mol. The standard InChI is InChI=1S/C24H23F3N2O3S/c1-17-8-13-21(33(31,32)28-15-18-6-4-3-5-7-18)14-22(17)23(30)29(2)16-19-9-11-20(12-10-19)24(25,26)27/h3-14,28H,15-16H2,1-2H3. The van der Waals surface area contributed by atoms with Crippen LogP contribution in [-0.2, 0) is 29.3 Å². The second-order valence-electron chi connectivity index (χ2n) is 7.64. The van der Waals surface area contributed by atoms with Gasteiger partial charge in [-0.1, -0.05) is 48.5 Å². The lowest BCUT2D eigenvalue weighted by Gasteiger charge is -2.19. The average Bonchev–Trinajstić information content (AvgIpc) is 2.78. The van der Waals surface area contributed by atoms with Crippen molar-refractivity contribution in [2.45, 2.75) is 31.1 Å². The molecule has 174 valence electrons. The van der Waals surface area contributed by atoms with Gasteiger partial charge in [0.25, 0.3) is 5.91 Å². The number of alkyl halides is 3. The van der Waals surface area contributed by atoms with Gasteiger partial charge < -0.3 is 4.90 Å². The van der Waals surface area contributed by atoms with E-state index in [2.05, 4.69) is 4.72 Å². The summed E-state index contributed by atoms with van der Waals surface area (Å²) in [6, 6.07) is 17.9. The van der Waals surface area contributed by atoms with Gasteiger partial charge in [0.2, 0.25) is 10.0 Å². The van der Waals surface area contributed by atoms with Crippen molar-refractivity contribution in [3.8, 4) is 0 Å². The fourth-order valence-corrected chi connectivity index (χ4v) is 4.25. The molecule has 0 radical (unpaired) electrons. The number of aryl methyl sites for hydroxylation is 1. The van der Waals surface area contributed by atoms with E-state index in [4.69, 9.17) is 0 Å². The summed E-state index contributed by atoms with van der Waals surface area (Å²) in [5, 5.41) is 0. The molecule has 0 saturated carbocycles. The Morgan fingerprint density at radius 3 is 2.18 bits per heavy atom. The van der Waals surface area contributed by atoms with Gasteiger partial charge in [0.1, 0.15) is 0 Å². The molecule has 3 aromatic rings. The summed E-state index contributed by atoms with van der Waals surface area (Å²) in [4.78, 5) is 14.3. The summed E-state index contributed by atoms with van der Waals surface area (Å²) < 4.78 is 66.2. The van der Waals surface area contributed by atoms with E-state index in [1.54, 1.807) is 37.3 Å². The maximum absolute atomic E-state index is 13.0. The number of hydrogen-bond donors (Lipinski definition) is 1. The fourth-order valence-electron chi connectivity index (χ4n) is 3.21. The summed E-state index contributed by atoms with van der Waals surface area (Å²) in [5.41, 5.74) is 1.33. The molecule has 0 bridgehead atoms. The molecule has 0 spiro atoms. The second kappa shape index (κ2) is 9.76. The Kier molecular flexibility index (Phi) is 7.24. The molecule has 0 unspecified atom stereocenters. The number of benzene rings is 3. The normalized spacial score (nSPS) is 11.9. The van der Waals surface area contributed by atoms with E-state index in [9.17, 15) is 26.4 Å². The molecule has 0 aliphatic carbocycles. The zero-order valence-corrected chi connectivity index (χ0v) is 18.9. The minimum Gasteiger partial charge on any atom is -0.337 e. The maximum atomic E-state index is 13.0. The van der Waals surface area contributed by atoms with Crippen LogP contribution in [0.1, 0.15) is 32.6 Å². The van der Waals surface area contributed by atoms with Crippen LogP contribution >= 0.6 is 0 Å². The van der Waals surface area contributed by atoms with E-state index >= 15 is 0 Å². The van der Waals surface area contributed by atoms with Gasteiger partial charge in [-0.05, 0) is 47.9 Å².